The number of hydrogen-bond acceptors (Lipinski definition) is 3. The molecule has 172 valence electrons. The van der Waals surface area contributed by atoms with Crippen LogP contribution in [0.3, 0.4) is 0 Å². The van der Waals surface area contributed by atoms with Crippen molar-refractivity contribution in [2.45, 2.75) is 37.8 Å². The maximum absolute atomic E-state index is 14.0. The van der Waals surface area contributed by atoms with Gasteiger partial charge in [0.15, 0.2) is 17.5 Å². The van der Waals surface area contributed by atoms with E-state index in [1.54, 1.807) is 29.9 Å². The number of piperidine rings is 1. The van der Waals surface area contributed by atoms with E-state index in [0.717, 1.165) is 37.0 Å². The molecule has 0 aliphatic carbocycles. The van der Waals surface area contributed by atoms with E-state index >= 15 is 0 Å². The van der Waals surface area contributed by atoms with Gasteiger partial charge in [0.05, 0.1) is 24.5 Å². The molecular formula is C24H21ClF3N3O2. The smallest absolute Gasteiger partial charge is 0.254 e. The van der Waals surface area contributed by atoms with E-state index in [-0.39, 0.29) is 23.6 Å². The van der Waals surface area contributed by atoms with Crippen LogP contribution in [0.4, 0.5) is 13.2 Å². The number of ether oxygens (including phenoxy) is 1. The summed E-state index contributed by atoms with van der Waals surface area (Å²) in [5.74, 6) is -3.66. The van der Waals surface area contributed by atoms with E-state index in [1.807, 2.05) is 4.90 Å². The fourth-order valence-corrected chi connectivity index (χ4v) is 5.38. The van der Waals surface area contributed by atoms with Crippen molar-refractivity contribution in [2.75, 3.05) is 7.11 Å². The lowest BCUT2D eigenvalue weighted by molar-refractivity contribution is 0.0391. The number of halogens is 4. The van der Waals surface area contributed by atoms with Gasteiger partial charge in [-0.25, -0.2) is 13.2 Å². The Bertz CT molecular complexity index is 1250. The molecule has 2 bridgehead atoms. The van der Waals surface area contributed by atoms with Crippen molar-refractivity contribution in [3.63, 3.8) is 0 Å². The molecule has 1 aromatic heterocycles. The van der Waals surface area contributed by atoms with Crippen LogP contribution in [0.15, 0.2) is 30.3 Å². The summed E-state index contributed by atoms with van der Waals surface area (Å²) in [4.78, 5) is 15.4. The van der Waals surface area contributed by atoms with E-state index in [0.29, 0.717) is 34.1 Å². The third kappa shape index (κ3) is 3.57. The first-order valence-corrected chi connectivity index (χ1v) is 11.0. The molecule has 33 heavy (non-hydrogen) atoms. The highest BCUT2D eigenvalue weighted by molar-refractivity contribution is 6.31. The number of carbonyl (C=O) groups excluding carboxylic acids is 1. The predicted octanol–water partition coefficient (Wildman–Crippen LogP) is 5.46. The SMILES string of the molecule is COc1cc(Cl)cc(C(=O)N2[C@@H]3CCC[C@H]2c2nn(C)c(-c4cc(F)c(F)c(F)c4)c2C3)c1. The second-order valence-corrected chi connectivity index (χ2v) is 8.92. The maximum Gasteiger partial charge on any atom is 0.254 e. The molecule has 1 amide bonds. The van der Waals surface area contributed by atoms with Crippen molar-refractivity contribution in [1.29, 1.82) is 0 Å². The monoisotopic (exact) mass is 475 g/mol. The summed E-state index contributed by atoms with van der Waals surface area (Å²) in [6, 6.07) is 6.51. The number of rotatable bonds is 3. The first kappa shape index (κ1) is 21.8. The second kappa shape index (κ2) is 8.09. The fraction of sp³-hybridized carbons (Fsp3) is 0.333. The Morgan fingerprint density at radius 2 is 1.85 bits per heavy atom. The van der Waals surface area contributed by atoms with Crippen LogP contribution in [0.5, 0.6) is 5.75 Å². The molecule has 3 aromatic rings. The Kier molecular flexibility index (Phi) is 5.35. The first-order chi connectivity index (χ1) is 15.8. The topological polar surface area (TPSA) is 47.4 Å². The summed E-state index contributed by atoms with van der Waals surface area (Å²) in [5, 5.41) is 5.04. The lowest BCUT2D eigenvalue weighted by Gasteiger charge is -2.45. The molecule has 5 rings (SSSR count). The Morgan fingerprint density at radius 1 is 1.12 bits per heavy atom. The molecule has 3 heterocycles. The van der Waals surface area contributed by atoms with Crippen LogP contribution in [0.25, 0.3) is 11.3 Å². The number of hydrogen-bond donors (Lipinski definition) is 0. The second-order valence-electron chi connectivity index (χ2n) is 8.49. The van der Waals surface area contributed by atoms with Crippen LogP contribution in [-0.2, 0) is 13.5 Å². The molecule has 1 saturated heterocycles. The summed E-state index contributed by atoms with van der Waals surface area (Å²) in [5.41, 5.74) is 2.73. The molecular weight excluding hydrogens is 455 g/mol. The minimum Gasteiger partial charge on any atom is -0.497 e. The molecule has 2 atom stereocenters. The van der Waals surface area contributed by atoms with Gasteiger partial charge in [0, 0.05) is 34.8 Å². The number of fused-ring (bicyclic) bond motifs is 4. The number of amides is 1. The number of aromatic nitrogens is 2. The van der Waals surface area contributed by atoms with Gasteiger partial charge < -0.3 is 9.64 Å². The highest BCUT2D eigenvalue weighted by Crippen LogP contribution is 2.45. The molecule has 2 aliphatic heterocycles. The molecule has 0 saturated carbocycles. The van der Waals surface area contributed by atoms with Gasteiger partial charge in [-0.3, -0.25) is 9.48 Å². The van der Waals surface area contributed by atoms with Gasteiger partial charge >= 0.3 is 0 Å². The minimum absolute atomic E-state index is 0.105. The molecule has 2 aliphatic rings. The summed E-state index contributed by atoms with van der Waals surface area (Å²) >= 11 is 6.19. The quantitative estimate of drug-likeness (QED) is 0.473. The Morgan fingerprint density at radius 3 is 2.55 bits per heavy atom. The van der Waals surface area contributed by atoms with Crippen LogP contribution >= 0.6 is 11.6 Å². The zero-order valence-electron chi connectivity index (χ0n) is 18.0. The summed E-state index contributed by atoms with van der Waals surface area (Å²) in [6.45, 7) is 0. The third-order valence-electron chi connectivity index (χ3n) is 6.52. The van der Waals surface area contributed by atoms with Crippen molar-refractivity contribution < 1.29 is 22.7 Å². The maximum atomic E-state index is 14.0. The van der Waals surface area contributed by atoms with Gasteiger partial charge in [-0.05, 0) is 56.0 Å². The average molecular weight is 476 g/mol. The van der Waals surface area contributed by atoms with Crippen LogP contribution < -0.4 is 4.74 Å². The highest BCUT2D eigenvalue weighted by Gasteiger charge is 2.43. The fourth-order valence-electron chi connectivity index (χ4n) is 5.16. The van der Waals surface area contributed by atoms with Crippen LogP contribution in [0, 0.1) is 17.5 Å². The van der Waals surface area contributed by atoms with E-state index in [1.165, 1.54) is 7.11 Å². The zero-order valence-corrected chi connectivity index (χ0v) is 18.8. The van der Waals surface area contributed by atoms with Crippen molar-refractivity contribution in [2.24, 2.45) is 7.05 Å². The van der Waals surface area contributed by atoms with Gasteiger partial charge in [-0.1, -0.05) is 11.6 Å². The van der Waals surface area contributed by atoms with Crippen LogP contribution in [-0.4, -0.2) is 33.7 Å². The lowest BCUT2D eigenvalue weighted by atomic mass is 9.81. The van der Waals surface area contributed by atoms with E-state index < -0.39 is 17.5 Å². The van der Waals surface area contributed by atoms with Gasteiger partial charge in [-0.2, -0.15) is 5.10 Å². The van der Waals surface area contributed by atoms with Crippen molar-refractivity contribution in [1.82, 2.24) is 14.7 Å². The van der Waals surface area contributed by atoms with Crippen LogP contribution in [0.1, 0.15) is 46.9 Å². The largest absolute Gasteiger partial charge is 0.497 e. The van der Waals surface area contributed by atoms with E-state index in [4.69, 9.17) is 16.3 Å². The van der Waals surface area contributed by atoms with Gasteiger partial charge in [0.25, 0.3) is 5.91 Å². The highest BCUT2D eigenvalue weighted by atomic mass is 35.5. The molecule has 1 fully saturated rings. The first-order valence-electron chi connectivity index (χ1n) is 10.7. The minimum atomic E-state index is -1.50. The molecule has 2 aromatic carbocycles. The molecule has 0 unspecified atom stereocenters. The number of aryl methyl sites for hydroxylation is 1. The summed E-state index contributed by atoms with van der Waals surface area (Å²) in [6.07, 6.45) is 2.93. The molecule has 9 heteroatoms. The number of benzene rings is 2. The molecule has 5 nitrogen and oxygen atoms in total. The molecule has 0 radical (unpaired) electrons. The van der Waals surface area contributed by atoms with Gasteiger partial charge in [-0.15, -0.1) is 0 Å². The Labute approximate surface area is 193 Å². The number of nitrogens with zero attached hydrogens (tertiary/aromatic N) is 3. The van der Waals surface area contributed by atoms with Crippen molar-refractivity contribution in [3.05, 3.63) is 69.6 Å². The van der Waals surface area contributed by atoms with E-state index in [9.17, 15) is 18.0 Å². The van der Waals surface area contributed by atoms with E-state index in [2.05, 4.69) is 5.10 Å². The standard InChI is InChI=1S/C24H21ClF3N3O2/c1-30-23(12-8-18(26)21(28)19(27)9-12)17-11-15-4-3-5-20(22(17)29-30)31(15)24(32)13-6-14(25)10-16(7-13)33-2/h6-10,15,20H,3-5,11H2,1-2H3/t15-,20+/m1/s1. The zero-order chi connectivity index (χ0) is 23.4. The van der Waals surface area contributed by atoms with Crippen molar-refractivity contribution in [3.8, 4) is 17.0 Å². The summed E-state index contributed by atoms with van der Waals surface area (Å²) < 4.78 is 48.3. The van der Waals surface area contributed by atoms with Crippen molar-refractivity contribution >= 4 is 17.5 Å². The summed E-state index contributed by atoms with van der Waals surface area (Å²) in [7, 11) is 3.20. The Hall–Kier alpha value is -3.00. The van der Waals surface area contributed by atoms with Gasteiger partial charge in [0.1, 0.15) is 5.75 Å². The normalized spacial score (nSPS) is 19.4. The lowest BCUT2D eigenvalue weighted by Crippen LogP contribution is -2.49. The third-order valence-corrected chi connectivity index (χ3v) is 6.74. The number of carbonyl (C=O) groups is 1. The number of methoxy groups -OCH3 is 1. The van der Waals surface area contributed by atoms with Gasteiger partial charge in [0.2, 0.25) is 0 Å². The average Bonchev–Trinajstić information content (AvgIpc) is 3.11. The molecule has 0 N–H and O–H groups in total. The predicted molar refractivity (Wildman–Crippen MR) is 117 cm³/mol. The molecule has 0 spiro atoms. The van der Waals surface area contributed by atoms with Crippen LogP contribution in [0.2, 0.25) is 5.02 Å². The Balaban J connectivity index is 1.58.